The minimum absolute atomic E-state index is 0.147. The highest BCUT2D eigenvalue weighted by Gasteiger charge is 2.21. The van der Waals surface area contributed by atoms with Gasteiger partial charge in [-0.3, -0.25) is 14.6 Å². The standard InChI is InChI=1S/C20H17N3O4/c24-18(21-14-6-9-17-16(12-14)22-20(26)27-17)10-5-13-3-7-15(8-4-13)23-11-1-2-19(23)25/h3-10,12H,1-2,11H2,(H,21,24)(H,22,26)/b10-5+. The average Bonchev–Trinajstić information content (AvgIpc) is 3.24. The first kappa shape index (κ1) is 16.8. The summed E-state index contributed by atoms with van der Waals surface area (Å²) in [5.41, 5.74) is 3.24. The molecule has 2 heterocycles. The van der Waals surface area contributed by atoms with Crippen LogP contribution in [0.25, 0.3) is 17.2 Å². The molecule has 4 rings (SSSR count). The van der Waals surface area contributed by atoms with Gasteiger partial charge in [0, 0.05) is 30.4 Å². The van der Waals surface area contributed by atoms with Crippen molar-refractivity contribution in [3.63, 3.8) is 0 Å². The zero-order chi connectivity index (χ0) is 18.8. The first-order valence-corrected chi connectivity index (χ1v) is 8.61. The Kier molecular flexibility index (Phi) is 4.33. The molecule has 27 heavy (non-hydrogen) atoms. The summed E-state index contributed by atoms with van der Waals surface area (Å²) in [5.74, 6) is -0.681. The van der Waals surface area contributed by atoms with Gasteiger partial charge in [0.2, 0.25) is 11.8 Å². The molecule has 1 aromatic heterocycles. The molecule has 1 saturated heterocycles. The van der Waals surface area contributed by atoms with E-state index in [9.17, 15) is 14.4 Å². The molecule has 0 saturated carbocycles. The summed E-state index contributed by atoms with van der Waals surface area (Å²) in [4.78, 5) is 39.3. The predicted molar refractivity (Wildman–Crippen MR) is 103 cm³/mol. The Morgan fingerprint density at radius 2 is 1.96 bits per heavy atom. The third-order valence-electron chi connectivity index (χ3n) is 4.39. The van der Waals surface area contributed by atoms with E-state index in [4.69, 9.17) is 4.42 Å². The fourth-order valence-corrected chi connectivity index (χ4v) is 3.07. The van der Waals surface area contributed by atoms with Crippen molar-refractivity contribution in [3.8, 4) is 0 Å². The largest absolute Gasteiger partial charge is 0.417 e. The number of carbonyl (C=O) groups is 2. The number of rotatable bonds is 4. The Hall–Kier alpha value is -3.61. The quantitative estimate of drug-likeness (QED) is 0.697. The molecule has 2 N–H and O–H groups in total. The molecule has 0 bridgehead atoms. The molecular weight excluding hydrogens is 346 g/mol. The Morgan fingerprint density at radius 1 is 1.15 bits per heavy atom. The maximum atomic E-state index is 12.1. The van der Waals surface area contributed by atoms with Gasteiger partial charge in [-0.1, -0.05) is 12.1 Å². The van der Waals surface area contributed by atoms with E-state index in [0.717, 1.165) is 24.2 Å². The van der Waals surface area contributed by atoms with Gasteiger partial charge < -0.3 is 14.6 Å². The number of hydrogen-bond acceptors (Lipinski definition) is 4. The SMILES string of the molecule is O=C(/C=C/c1ccc(N2CCCC2=O)cc1)Nc1ccc2oc(=O)[nH]c2c1. The minimum atomic E-state index is -0.535. The first-order valence-electron chi connectivity index (χ1n) is 8.61. The number of amides is 2. The van der Waals surface area contributed by atoms with E-state index in [1.54, 1.807) is 29.2 Å². The van der Waals surface area contributed by atoms with Crippen molar-refractivity contribution < 1.29 is 14.0 Å². The van der Waals surface area contributed by atoms with E-state index in [1.165, 1.54) is 6.08 Å². The summed E-state index contributed by atoms with van der Waals surface area (Å²) < 4.78 is 4.92. The number of aromatic amines is 1. The second-order valence-electron chi connectivity index (χ2n) is 6.29. The lowest BCUT2D eigenvalue weighted by Gasteiger charge is -2.15. The van der Waals surface area contributed by atoms with Crippen LogP contribution in [0.5, 0.6) is 0 Å². The van der Waals surface area contributed by atoms with Crippen molar-refractivity contribution in [3.05, 3.63) is 64.7 Å². The van der Waals surface area contributed by atoms with Crippen LogP contribution in [0.15, 0.2) is 57.8 Å². The van der Waals surface area contributed by atoms with Crippen LogP contribution in [0.2, 0.25) is 0 Å². The molecule has 0 atom stereocenters. The fourth-order valence-electron chi connectivity index (χ4n) is 3.07. The number of H-pyrrole nitrogens is 1. The molecule has 0 aliphatic carbocycles. The second kappa shape index (κ2) is 6.95. The highest BCUT2D eigenvalue weighted by Crippen LogP contribution is 2.22. The molecular formula is C20H17N3O4. The van der Waals surface area contributed by atoms with Crippen LogP contribution >= 0.6 is 0 Å². The first-order chi connectivity index (χ1) is 13.1. The number of aromatic nitrogens is 1. The Bertz CT molecular complexity index is 1090. The zero-order valence-electron chi connectivity index (χ0n) is 14.4. The van der Waals surface area contributed by atoms with E-state index in [2.05, 4.69) is 10.3 Å². The van der Waals surface area contributed by atoms with Crippen LogP contribution in [0.4, 0.5) is 11.4 Å². The Labute approximate surface area is 154 Å². The van der Waals surface area contributed by atoms with Crippen molar-refractivity contribution in [2.75, 3.05) is 16.8 Å². The van der Waals surface area contributed by atoms with Gasteiger partial charge in [-0.25, -0.2) is 4.79 Å². The molecule has 0 unspecified atom stereocenters. The third-order valence-corrected chi connectivity index (χ3v) is 4.39. The van der Waals surface area contributed by atoms with Gasteiger partial charge in [0.15, 0.2) is 5.58 Å². The number of fused-ring (bicyclic) bond motifs is 1. The molecule has 0 spiro atoms. The Balaban J connectivity index is 1.41. The van der Waals surface area contributed by atoms with Crippen molar-refractivity contribution in [1.82, 2.24) is 4.98 Å². The molecule has 1 fully saturated rings. The fraction of sp³-hybridized carbons (Fsp3) is 0.150. The molecule has 3 aromatic rings. The Morgan fingerprint density at radius 3 is 2.70 bits per heavy atom. The van der Waals surface area contributed by atoms with Crippen LogP contribution < -0.4 is 16.0 Å². The number of nitrogens with zero attached hydrogens (tertiary/aromatic N) is 1. The second-order valence-corrected chi connectivity index (χ2v) is 6.29. The predicted octanol–water partition coefficient (Wildman–Crippen LogP) is 2.90. The summed E-state index contributed by atoms with van der Waals surface area (Å²) >= 11 is 0. The number of oxazole rings is 1. The molecule has 7 nitrogen and oxygen atoms in total. The minimum Gasteiger partial charge on any atom is -0.408 e. The topological polar surface area (TPSA) is 95.4 Å². The zero-order valence-corrected chi connectivity index (χ0v) is 14.4. The smallest absolute Gasteiger partial charge is 0.408 e. The summed E-state index contributed by atoms with van der Waals surface area (Å²) in [7, 11) is 0. The van der Waals surface area contributed by atoms with E-state index in [1.807, 2.05) is 24.3 Å². The number of anilines is 2. The van der Waals surface area contributed by atoms with Crippen LogP contribution in [0.3, 0.4) is 0 Å². The van der Waals surface area contributed by atoms with Gasteiger partial charge >= 0.3 is 5.76 Å². The molecule has 7 heteroatoms. The number of carbonyl (C=O) groups excluding carboxylic acids is 2. The van der Waals surface area contributed by atoms with Crippen LogP contribution in [-0.2, 0) is 9.59 Å². The van der Waals surface area contributed by atoms with Crippen molar-refractivity contribution in [1.29, 1.82) is 0 Å². The third kappa shape index (κ3) is 3.67. The van der Waals surface area contributed by atoms with Crippen molar-refractivity contribution in [2.24, 2.45) is 0 Å². The number of benzene rings is 2. The highest BCUT2D eigenvalue weighted by atomic mass is 16.4. The maximum Gasteiger partial charge on any atom is 0.417 e. The van der Waals surface area contributed by atoms with Gasteiger partial charge in [0.1, 0.15) is 0 Å². The van der Waals surface area contributed by atoms with Gasteiger partial charge in [-0.2, -0.15) is 0 Å². The lowest BCUT2D eigenvalue weighted by Crippen LogP contribution is -2.23. The van der Waals surface area contributed by atoms with E-state index >= 15 is 0 Å². The van der Waals surface area contributed by atoms with Gasteiger partial charge in [0.05, 0.1) is 5.52 Å². The summed E-state index contributed by atoms with van der Waals surface area (Å²) in [6, 6.07) is 12.4. The number of nitrogens with one attached hydrogen (secondary N) is 2. The van der Waals surface area contributed by atoms with Crippen LogP contribution in [-0.4, -0.2) is 23.3 Å². The van der Waals surface area contributed by atoms with Crippen LogP contribution in [0, 0.1) is 0 Å². The lowest BCUT2D eigenvalue weighted by atomic mass is 10.2. The highest BCUT2D eigenvalue weighted by molar-refractivity contribution is 6.02. The number of hydrogen-bond donors (Lipinski definition) is 2. The van der Waals surface area contributed by atoms with E-state index in [0.29, 0.717) is 23.2 Å². The summed E-state index contributed by atoms with van der Waals surface area (Å²) in [6.45, 7) is 0.753. The average molecular weight is 363 g/mol. The van der Waals surface area contributed by atoms with Gasteiger partial charge in [0.25, 0.3) is 0 Å². The normalized spacial score (nSPS) is 14.4. The molecule has 2 amide bonds. The van der Waals surface area contributed by atoms with Crippen molar-refractivity contribution >= 4 is 40.4 Å². The van der Waals surface area contributed by atoms with E-state index in [-0.39, 0.29) is 11.8 Å². The van der Waals surface area contributed by atoms with Gasteiger partial charge in [-0.05, 0) is 48.4 Å². The summed E-state index contributed by atoms with van der Waals surface area (Å²) in [5, 5.41) is 2.73. The van der Waals surface area contributed by atoms with Crippen molar-refractivity contribution in [2.45, 2.75) is 12.8 Å². The van der Waals surface area contributed by atoms with Gasteiger partial charge in [-0.15, -0.1) is 0 Å². The monoisotopic (exact) mass is 363 g/mol. The van der Waals surface area contributed by atoms with Crippen LogP contribution in [0.1, 0.15) is 18.4 Å². The molecule has 1 aliphatic rings. The lowest BCUT2D eigenvalue weighted by molar-refractivity contribution is -0.117. The molecule has 0 radical (unpaired) electrons. The maximum absolute atomic E-state index is 12.1. The molecule has 136 valence electrons. The molecule has 1 aliphatic heterocycles. The summed E-state index contributed by atoms with van der Waals surface area (Å²) in [6.07, 6.45) is 4.61. The molecule has 2 aromatic carbocycles. The van der Waals surface area contributed by atoms with E-state index < -0.39 is 5.76 Å².